The van der Waals surface area contributed by atoms with Gasteiger partial charge in [-0.3, -0.25) is 4.90 Å². The summed E-state index contributed by atoms with van der Waals surface area (Å²) in [6.07, 6.45) is 4.03. The lowest BCUT2D eigenvalue weighted by Gasteiger charge is -2.27. The Labute approximate surface area is 154 Å². The van der Waals surface area contributed by atoms with Crippen LogP contribution in [0.2, 0.25) is 0 Å². The number of benzene rings is 1. The van der Waals surface area contributed by atoms with Crippen LogP contribution >= 0.6 is 0 Å². The molecule has 7 nitrogen and oxygen atoms in total. The third kappa shape index (κ3) is 3.83. The number of hydrogen-bond donors (Lipinski definition) is 1. The van der Waals surface area contributed by atoms with Crippen LogP contribution in [0.3, 0.4) is 0 Å². The minimum Gasteiger partial charge on any atom is -0.493 e. The highest BCUT2D eigenvalue weighted by atomic mass is 16.5. The number of anilines is 2. The zero-order valence-electron chi connectivity index (χ0n) is 15.8. The van der Waals surface area contributed by atoms with E-state index in [0.717, 1.165) is 43.9 Å². The Kier molecular flexibility index (Phi) is 5.78. The quantitative estimate of drug-likeness (QED) is 0.816. The molecule has 0 amide bonds. The number of nitrogens with zero attached hydrogens (tertiary/aromatic N) is 3. The second-order valence-corrected chi connectivity index (χ2v) is 6.23. The fourth-order valence-electron chi connectivity index (χ4n) is 3.22. The van der Waals surface area contributed by atoms with Crippen molar-refractivity contribution in [2.24, 2.45) is 0 Å². The van der Waals surface area contributed by atoms with E-state index in [0.29, 0.717) is 23.2 Å². The smallest absolute Gasteiger partial charge is 0.227 e. The molecule has 2 heterocycles. The van der Waals surface area contributed by atoms with E-state index in [-0.39, 0.29) is 0 Å². The first-order valence-electron chi connectivity index (χ1n) is 8.82. The van der Waals surface area contributed by atoms with Crippen molar-refractivity contribution in [1.82, 2.24) is 14.9 Å². The van der Waals surface area contributed by atoms with Gasteiger partial charge in [-0.2, -0.15) is 0 Å². The minimum atomic E-state index is 0.558. The Bertz CT molecular complexity index is 741. The molecule has 1 N–H and O–H groups in total. The van der Waals surface area contributed by atoms with E-state index in [1.807, 2.05) is 18.3 Å². The third-order valence-corrected chi connectivity index (χ3v) is 4.47. The molecule has 26 heavy (non-hydrogen) atoms. The van der Waals surface area contributed by atoms with E-state index >= 15 is 0 Å². The van der Waals surface area contributed by atoms with Gasteiger partial charge in [0.05, 0.1) is 27.0 Å². The molecule has 7 heteroatoms. The second-order valence-electron chi connectivity index (χ2n) is 6.23. The summed E-state index contributed by atoms with van der Waals surface area (Å²) in [5.41, 5.74) is 3.10. The van der Waals surface area contributed by atoms with Crippen LogP contribution in [0.4, 0.5) is 11.6 Å². The summed E-state index contributed by atoms with van der Waals surface area (Å²) in [4.78, 5) is 11.6. The normalized spacial score (nSPS) is 13.8. The molecule has 1 aromatic carbocycles. The highest BCUT2D eigenvalue weighted by molar-refractivity contribution is 5.65. The number of hydrogen-bond acceptors (Lipinski definition) is 7. The molecule has 140 valence electrons. The molecule has 0 aliphatic carbocycles. The average molecular weight is 358 g/mol. The zero-order valence-corrected chi connectivity index (χ0v) is 15.8. The van der Waals surface area contributed by atoms with Crippen molar-refractivity contribution in [2.45, 2.75) is 26.3 Å². The monoisotopic (exact) mass is 358 g/mol. The standard InChI is InChI=1S/C19H26N4O3/c1-5-7-23-8-6-15-13(12-23)11-20-19(22-15)21-14-9-16(24-2)18(26-4)17(10-14)25-3/h9-11H,5-8,12H2,1-4H3,(H,20,21,22). The van der Waals surface area contributed by atoms with Gasteiger partial charge in [0, 0.05) is 49.1 Å². The van der Waals surface area contributed by atoms with Crippen LogP contribution in [0.15, 0.2) is 18.3 Å². The van der Waals surface area contributed by atoms with Gasteiger partial charge in [0.25, 0.3) is 0 Å². The molecule has 0 radical (unpaired) electrons. The van der Waals surface area contributed by atoms with Crippen LogP contribution in [0.5, 0.6) is 17.2 Å². The fourth-order valence-corrected chi connectivity index (χ4v) is 3.22. The van der Waals surface area contributed by atoms with Gasteiger partial charge in [-0.15, -0.1) is 0 Å². The van der Waals surface area contributed by atoms with Crippen LogP contribution in [0, 0.1) is 0 Å². The molecule has 0 atom stereocenters. The summed E-state index contributed by atoms with van der Waals surface area (Å²) in [6, 6.07) is 3.68. The van der Waals surface area contributed by atoms with Gasteiger partial charge < -0.3 is 19.5 Å². The molecule has 1 aliphatic rings. The van der Waals surface area contributed by atoms with Crippen molar-refractivity contribution in [2.75, 3.05) is 39.7 Å². The van der Waals surface area contributed by atoms with Gasteiger partial charge in [0.1, 0.15) is 0 Å². The van der Waals surface area contributed by atoms with Crippen LogP contribution in [0.1, 0.15) is 24.6 Å². The predicted molar refractivity (Wildman–Crippen MR) is 101 cm³/mol. The van der Waals surface area contributed by atoms with Gasteiger partial charge >= 0.3 is 0 Å². The Balaban J connectivity index is 1.82. The van der Waals surface area contributed by atoms with Crippen molar-refractivity contribution in [1.29, 1.82) is 0 Å². The first-order chi connectivity index (χ1) is 12.7. The number of methoxy groups -OCH3 is 3. The summed E-state index contributed by atoms with van der Waals surface area (Å²) in [5, 5.41) is 3.24. The topological polar surface area (TPSA) is 68.7 Å². The minimum absolute atomic E-state index is 0.558. The van der Waals surface area contributed by atoms with Crippen LogP contribution in [-0.2, 0) is 13.0 Å². The number of aromatic nitrogens is 2. The molecule has 0 bridgehead atoms. The summed E-state index contributed by atoms with van der Waals surface area (Å²) in [6.45, 7) is 5.29. The number of ether oxygens (including phenoxy) is 3. The van der Waals surface area contributed by atoms with Gasteiger partial charge in [0.2, 0.25) is 11.7 Å². The summed E-state index contributed by atoms with van der Waals surface area (Å²) < 4.78 is 16.1. The van der Waals surface area contributed by atoms with E-state index < -0.39 is 0 Å². The van der Waals surface area contributed by atoms with E-state index in [4.69, 9.17) is 19.2 Å². The number of nitrogens with one attached hydrogen (secondary N) is 1. The lowest BCUT2D eigenvalue weighted by Crippen LogP contribution is -2.31. The third-order valence-electron chi connectivity index (χ3n) is 4.47. The second kappa shape index (κ2) is 8.23. The molecule has 3 rings (SSSR count). The molecule has 0 unspecified atom stereocenters. The molecule has 0 fully saturated rings. The van der Waals surface area contributed by atoms with E-state index in [9.17, 15) is 0 Å². The molecular weight excluding hydrogens is 332 g/mol. The van der Waals surface area contributed by atoms with Crippen LogP contribution < -0.4 is 19.5 Å². The van der Waals surface area contributed by atoms with Crippen molar-refractivity contribution >= 4 is 11.6 Å². The molecule has 0 spiro atoms. The lowest BCUT2D eigenvalue weighted by molar-refractivity contribution is 0.252. The molecule has 2 aromatic rings. The van der Waals surface area contributed by atoms with E-state index in [1.165, 1.54) is 5.56 Å². The summed E-state index contributed by atoms with van der Waals surface area (Å²) in [7, 11) is 4.78. The maximum Gasteiger partial charge on any atom is 0.227 e. The zero-order chi connectivity index (χ0) is 18.5. The summed E-state index contributed by atoms with van der Waals surface area (Å²) in [5.74, 6) is 2.30. The predicted octanol–water partition coefficient (Wildman–Crippen LogP) is 3.01. The Morgan fingerprint density at radius 1 is 1.12 bits per heavy atom. The van der Waals surface area contributed by atoms with Gasteiger partial charge in [0.15, 0.2) is 11.5 Å². The SMILES string of the molecule is CCCN1CCc2nc(Nc3cc(OC)c(OC)c(OC)c3)ncc2C1. The van der Waals surface area contributed by atoms with Gasteiger partial charge in [-0.05, 0) is 13.0 Å². The number of fused-ring (bicyclic) bond motifs is 1. The van der Waals surface area contributed by atoms with Crippen molar-refractivity contribution in [3.63, 3.8) is 0 Å². The number of rotatable bonds is 7. The van der Waals surface area contributed by atoms with Crippen LogP contribution in [0.25, 0.3) is 0 Å². The molecular formula is C19H26N4O3. The fraction of sp³-hybridized carbons (Fsp3) is 0.474. The lowest BCUT2D eigenvalue weighted by atomic mass is 10.1. The molecule has 1 aromatic heterocycles. The maximum absolute atomic E-state index is 5.39. The van der Waals surface area contributed by atoms with Gasteiger partial charge in [-0.1, -0.05) is 6.92 Å². The summed E-state index contributed by atoms with van der Waals surface area (Å²) >= 11 is 0. The van der Waals surface area contributed by atoms with Crippen molar-refractivity contribution in [3.05, 3.63) is 29.6 Å². The van der Waals surface area contributed by atoms with Gasteiger partial charge in [-0.25, -0.2) is 9.97 Å². The highest BCUT2D eigenvalue weighted by Crippen LogP contribution is 2.40. The van der Waals surface area contributed by atoms with Crippen molar-refractivity contribution < 1.29 is 14.2 Å². The molecule has 0 saturated carbocycles. The molecule has 0 saturated heterocycles. The van der Waals surface area contributed by atoms with E-state index in [2.05, 4.69) is 22.1 Å². The maximum atomic E-state index is 5.39. The van der Waals surface area contributed by atoms with Crippen molar-refractivity contribution in [3.8, 4) is 17.2 Å². The van der Waals surface area contributed by atoms with E-state index in [1.54, 1.807) is 21.3 Å². The Morgan fingerprint density at radius 3 is 2.46 bits per heavy atom. The first kappa shape index (κ1) is 18.3. The van der Waals surface area contributed by atoms with Crippen LogP contribution in [-0.4, -0.2) is 49.3 Å². The Morgan fingerprint density at radius 2 is 1.85 bits per heavy atom. The average Bonchev–Trinajstić information content (AvgIpc) is 2.67. The molecule has 1 aliphatic heterocycles. The first-order valence-corrected chi connectivity index (χ1v) is 8.82. The highest BCUT2D eigenvalue weighted by Gasteiger charge is 2.18. The Hall–Kier alpha value is -2.54. The largest absolute Gasteiger partial charge is 0.493 e.